The van der Waals surface area contributed by atoms with Crippen LogP contribution in [-0.2, 0) is 50.9 Å². The quantitative estimate of drug-likeness (QED) is 0.0123. The Balaban J connectivity index is 2.74. The fourth-order valence-corrected chi connectivity index (χ4v) is 9.56. The van der Waals surface area contributed by atoms with Crippen LogP contribution in [0.1, 0.15) is 194 Å². The second-order valence-electron chi connectivity index (χ2n) is 17.0. The molecular weight excluding hydrogens is 913 g/mol. The normalized spacial score (nSPS) is 21.9. The van der Waals surface area contributed by atoms with Crippen LogP contribution < -0.4 is 0 Å². The van der Waals surface area contributed by atoms with Crippen molar-refractivity contribution in [3.05, 3.63) is 12.2 Å². The van der Waals surface area contributed by atoms with Crippen molar-refractivity contribution in [2.24, 2.45) is 0 Å². The van der Waals surface area contributed by atoms with Crippen LogP contribution in [0.3, 0.4) is 0 Å². The number of carbonyl (C=O) groups excluding carboxylic acids is 2. The van der Waals surface area contributed by atoms with Gasteiger partial charge in [-0.25, -0.2) is 13.7 Å². The maximum Gasteiger partial charge on any atom is 0.472 e. The molecule has 65 heavy (non-hydrogen) atoms. The van der Waals surface area contributed by atoms with E-state index in [2.05, 4.69) is 35.0 Å². The van der Waals surface area contributed by atoms with Crippen molar-refractivity contribution in [1.29, 1.82) is 0 Å². The first kappa shape index (κ1) is 61.9. The molecule has 1 rings (SSSR count). The van der Waals surface area contributed by atoms with Gasteiger partial charge in [0.1, 0.15) is 43.2 Å². The Kier molecular flexibility index (Phi) is 34.2. The number of hydrogen-bond donors (Lipinski definition) is 8. The Morgan fingerprint density at radius 1 is 0.477 bits per heavy atom. The third-order valence-electron chi connectivity index (χ3n) is 11.1. The van der Waals surface area contributed by atoms with Crippen LogP contribution in [0.5, 0.6) is 0 Å². The molecular formula is C43H83O19P3. The molecule has 8 atom stereocenters. The van der Waals surface area contributed by atoms with E-state index in [0.29, 0.717) is 12.8 Å². The lowest BCUT2D eigenvalue weighted by atomic mass is 9.85. The van der Waals surface area contributed by atoms with Gasteiger partial charge in [-0.15, -0.1) is 0 Å². The molecule has 5 unspecified atom stereocenters. The second kappa shape index (κ2) is 35.9. The van der Waals surface area contributed by atoms with Crippen LogP contribution in [0.2, 0.25) is 0 Å². The number of phosphoric acid groups is 3. The smallest absolute Gasteiger partial charge is 0.462 e. The van der Waals surface area contributed by atoms with E-state index < -0.39 is 91.3 Å². The van der Waals surface area contributed by atoms with Gasteiger partial charge in [-0.1, -0.05) is 154 Å². The summed E-state index contributed by atoms with van der Waals surface area (Å²) in [6, 6.07) is 0. The van der Waals surface area contributed by atoms with Gasteiger partial charge in [-0.2, -0.15) is 0 Å². The summed E-state index contributed by atoms with van der Waals surface area (Å²) in [5.41, 5.74) is 0. The zero-order valence-electron chi connectivity index (χ0n) is 38.8. The highest BCUT2D eigenvalue weighted by atomic mass is 31.2. The number of phosphoric ester groups is 3. The Hall–Kier alpha value is -1.11. The lowest BCUT2D eigenvalue weighted by Gasteiger charge is -2.44. The number of aliphatic hydroxyl groups excluding tert-OH is 3. The van der Waals surface area contributed by atoms with Crippen LogP contribution in [-0.4, -0.2) is 108 Å². The standard InChI is InChI=1S/C43H83O19P3/c1-3-5-7-9-11-13-15-17-18-20-22-24-26-28-30-32-37(45)59-35(33-57-36(44)31-29-27-25-23-21-19-16-14-12-10-8-6-4-2)34-58-65(55,56)62-41-38(46)39(47)42(60-63(49,50)51)43(40(41)48)61-64(52,53)54/h17-18,35,38-43,46-48H,3-16,19-34H2,1-2H3,(H,55,56)(H2,49,50,51)(H2,52,53,54)/b18-17-/t35-,38?,39?,40?,41+,42?,43+/m1/s1. The van der Waals surface area contributed by atoms with Crippen molar-refractivity contribution in [1.82, 2.24) is 0 Å². The van der Waals surface area contributed by atoms with Crippen molar-refractivity contribution in [3.63, 3.8) is 0 Å². The molecule has 0 aliphatic heterocycles. The summed E-state index contributed by atoms with van der Waals surface area (Å²) in [5.74, 6) is -1.30. The highest BCUT2D eigenvalue weighted by Crippen LogP contribution is 2.51. The Labute approximate surface area is 386 Å². The zero-order valence-corrected chi connectivity index (χ0v) is 41.5. The van der Waals surface area contributed by atoms with Crippen molar-refractivity contribution < 1.29 is 90.6 Å². The van der Waals surface area contributed by atoms with Gasteiger partial charge in [0.25, 0.3) is 0 Å². The van der Waals surface area contributed by atoms with E-state index in [1.807, 2.05) is 0 Å². The third-order valence-corrected chi connectivity index (χ3v) is 13.1. The summed E-state index contributed by atoms with van der Waals surface area (Å²) in [5, 5.41) is 31.9. The number of ether oxygens (including phenoxy) is 2. The van der Waals surface area contributed by atoms with Gasteiger partial charge in [-0.3, -0.25) is 27.7 Å². The first-order valence-corrected chi connectivity index (χ1v) is 28.5. The summed E-state index contributed by atoms with van der Waals surface area (Å²) in [4.78, 5) is 73.1. The largest absolute Gasteiger partial charge is 0.472 e. The molecule has 1 saturated carbocycles. The maximum atomic E-state index is 13.1. The van der Waals surface area contributed by atoms with Crippen LogP contribution in [0.4, 0.5) is 0 Å². The van der Waals surface area contributed by atoms with Gasteiger partial charge >= 0.3 is 35.4 Å². The minimum atomic E-state index is -5.60. The number of esters is 2. The van der Waals surface area contributed by atoms with Gasteiger partial charge in [0.2, 0.25) is 0 Å². The van der Waals surface area contributed by atoms with Crippen molar-refractivity contribution >= 4 is 35.4 Å². The molecule has 0 aromatic heterocycles. The predicted molar refractivity (Wildman–Crippen MR) is 243 cm³/mol. The number of hydrogen-bond acceptors (Lipinski definition) is 14. The molecule has 0 aromatic carbocycles. The molecule has 0 bridgehead atoms. The highest BCUT2D eigenvalue weighted by molar-refractivity contribution is 7.47. The molecule has 1 aliphatic carbocycles. The van der Waals surface area contributed by atoms with Crippen LogP contribution in [0, 0.1) is 0 Å². The van der Waals surface area contributed by atoms with Gasteiger partial charge in [0.05, 0.1) is 6.61 Å². The minimum absolute atomic E-state index is 0.00793. The molecule has 22 heteroatoms. The van der Waals surface area contributed by atoms with E-state index in [1.165, 1.54) is 89.9 Å². The summed E-state index contributed by atoms with van der Waals surface area (Å²) < 4.78 is 65.4. The molecule has 19 nitrogen and oxygen atoms in total. The number of allylic oxidation sites excluding steroid dienone is 2. The second-order valence-corrected chi connectivity index (χ2v) is 20.8. The maximum absolute atomic E-state index is 13.1. The van der Waals surface area contributed by atoms with Crippen LogP contribution in [0.15, 0.2) is 12.2 Å². The van der Waals surface area contributed by atoms with Crippen molar-refractivity contribution in [2.45, 2.75) is 236 Å². The van der Waals surface area contributed by atoms with Gasteiger partial charge < -0.3 is 49.3 Å². The molecule has 0 radical (unpaired) electrons. The molecule has 1 fully saturated rings. The molecule has 1 aliphatic rings. The third kappa shape index (κ3) is 32.4. The van der Waals surface area contributed by atoms with Gasteiger partial charge in [0.15, 0.2) is 6.10 Å². The predicted octanol–water partition coefficient (Wildman–Crippen LogP) is 8.51. The lowest BCUT2D eigenvalue weighted by molar-refractivity contribution is -0.213. The molecule has 0 heterocycles. The Bertz CT molecular complexity index is 1420. The van der Waals surface area contributed by atoms with E-state index in [1.54, 1.807) is 0 Å². The topological polar surface area (TPSA) is 303 Å². The molecule has 0 aromatic rings. The number of rotatable bonds is 41. The molecule has 0 saturated heterocycles. The summed E-state index contributed by atoms with van der Waals surface area (Å²) in [6.07, 6.45) is 16.6. The van der Waals surface area contributed by atoms with E-state index in [-0.39, 0.29) is 12.8 Å². The van der Waals surface area contributed by atoms with Gasteiger partial charge in [-0.05, 0) is 38.5 Å². The first-order chi connectivity index (χ1) is 30.8. The highest BCUT2D eigenvalue weighted by Gasteiger charge is 2.56. The van der Waals surface area contributed by atoms with E-state index >= 15 is 0 Å². The Morgan fingerprint density at radius 3 is 1.28 bits per heavy atom. The summed E-state index contributed by atoms with van der Waals surface area (Å²) in [6.45, 7) is 2.94. The molecule has 8 N–H and O–H groups in total. The number of unbranched alkanes of at least 4 members (excludes halogenated alkanes) is 23. The SMILES string of the molecule is CCCCCCCC/C=C\CCCCCCCC(=O)O[C@H](COC(=O)CCCCCCCCCCCCCCC)COP(=O)(O)O[C@H]1C(O)C(O)C(OP(=O)(O)O)[C@@H](OP(=O)(O)O)C1O. The number of aliphatic hydroxyl groups is 3. The number of carbonyl (C=O) groups is 2. The lowest BCUT2D eigenvalue weighted by Crippen LogP contribution is -2.65. The summed E-state index contributed by atoms with van der Waals surface area (Å²) in [7, 11) is -16.6. The van der Waals surface area contributed by atoms with E-state index in [4.69, 9.17) is 18.5 Å². The van der Waals surface area contributed by atoms with Crippen LogP contribution >= 0.6 is 23.5 Å². The molecule has 384 valence electrons. The Morgan fingerprint density at radius 2 is 0.846 bits per heavy atom. The molecule has 0 spiro atoms. The summed E-state index contributed by atoms with van der Waals surface area (Å²) >= 11 is 0. The average Bonchev–Trinajstić information content (AvgIpc) is 3.23. The fourth-order valence-electron chi connectivity index (χ4n) is 7.46. The van der Waals surface area contributed by atoms with E-state index in [9.17, 15) is 63.1 Å². The minimum Gasteiger partial charge on any atom is -0.462 e. The van der Waals surface area contributed by atoms with Crippen LogP contribution in [0.25, 0.3) is 0 Å². The van der Waals surface area contributed by atoms with Crippen molar-refractivity contribution in [2.75, 3.05) is 13.2 Å². The zero-order chi connectivity index (χ0) is 48.6. The van der Waals surface area contributed by atoms with Crippen molar-refractivity contribution in [3.8, 4) is 0 Å². The monoisotopic (exact) mass is 996 g/mol. The molecule has 0 amide bonds. The van der Waals surface area contributed by atoms with Gasteiger partial charge in [0, 0.05) is 12.8 Å². The average molecular weight is 997 g/mol. The fraction of sp³-hybridized carbons (Fsp3) is 0.907. The van der Waals surface area contributed by atoms with E-state index in [0.717, 1.165) is 64.2 Å². The first-order valence-electron chi connectivity index (χ1n) is 24.0.